The van der Waals surface area contributed by atoms with Crippen LogP contribution in [0.15, 0.2) is 60.7 Å². The van der Waals surface area contributed by atoms with E-state index in [9.17, 15) is 9.18 Å². The first-order chi connectivity index (χ1) is 11.7. The van der Waals surface area contributed by atoms with Crippen molar-refractivity contribution in [2.24, 2.45) is 0 Å². The van der Waals surface area contributed by atoms with E-state index in [1.165, 1.54) is 34.6 Å². The van der Waals surface area contributed by atoms with Gasteiger partial charge in [0.25, 0.3) is 5.91 Å². The van der Waals surface area contributed by atoms with Gasteiger partial charge in [-0.3, -0.25) is 4.79 Å². The van der Waals surface area contributed by atoms with E-state index in [4.69, 9.17) is 0 Å². The highest BCUT2D eigenvalue weighted by molar-refractivity contribution is 7.17. The van der Waals surface area contributed by atoms with Crippen molar-refractivity contribution >= 4 is 17.2 Å². The number of hydrogen-bond acceptors (Lipinski definition) is 2. The SMILES string of the molecule is O=C(c1ccc(-c2ccc(F)cc2)s1)N1CCc2ccccc2C1. The fourth-order valence-electron chi connectivity index (χ4n) is 3.05. The molecule has 0 bridgehead atoms. The predicted octanol–water partition coefficient (Wildman–Crippen LogP) is 4.75. The minimum absolute atomic E-state index is 0.0721. The number of hydrogen-bond donors (Lipinski definition) is 0. The zero-order valence-electron chi connectivity index (χ0n) is 13.0. The zero-order chi connectivity index (χ0) is 16.5. The molecule has 3 aromatic rings. The molecule has 2 aromatic carbocycles. The van der Waals surface area contributed by atoms with E-state index in [0.717, 1.165) is 28.3 Å². The fraction of sp³-hybridized carbons (Fsp3) is 0.150. The average molecular weight is 337 g/mol. The molecule has 4 heteroatoms. The van der Waals surface area contributed by atoms with Gasteiger partial charge in [-0.15, -0.1) is 11.3 Å². The first-order valence-electron chi connectivity index (χ1n) is 7.92. The van der Waals surface area contributed by atoms with E-state index >= 15 is 0 Å². The summed E-state index contributed by atoms with van der Waals surface area (Å²) in [4.78, 5) is 16.4. The molecule has 1 aromatic heterocycles. The van der Waals surface area contributed by atoms with Crippen molar-refractivity contribution in [3.05, 3.63) is 82.5 Å². The number of amides is 1. The molecule has 4 rings (SSSR count). The van der Waals surface area contributed by atoms with Crippen molar-refractivity contribution in [1.29, 1.82) is 0 Å². The lowest BCUT2D eigenvalue weighted by Gasteiger charge is -2.28. The number of thiophene rings is 1. The van der Waals surface area contributed by atoms with E-state index in [1.807, 2.05) is 29.2 Å². The maximum Gasteiger partial charge on any atom is 0.264 e. The molecule has 120 valence electrons. The zero-order valence-corrected chi connectivity index (χ0v) is 13.9. The second-order valence-corrected chi connectivity index (χ2v) is 7.00. The molecule has 2 heterocycles. The Morgan fingerprint density at radius 3 is 2.50 bits per heavy atom. The van der Waals surface area contributed by atoms with Crippen molar-refractivity contribution in [3.8, 4) is 10.4 Å². The smallest absolute Gasteiger partial charge is 0.264 e. The van der Waals surface area contributed by atoms with Crippen molar-refractivity contribution in [3.63, 3.8) is 0 Å². The van der Waals surface area contributed by atoms with Crippen LogP contribution in [0.2, 0.25) is 0 Å². The topological polar surface area (TPSA) is 20.3 Å². The third-order valence-corrected chi connectivity index (χ3v) is 5.49. The van der Waals surface area contributed by atoms with Gasteiger partial charge in [0.15, 0.2) is 0 Å². The Bertz CT molecular complexity index is 885. The molecule has 0 unspecified atom stereocenters. The van der Waals surface area contributed by atoms with Gasteiger partial charge in [0, 0.05) is 18.0 Å². The van der Waals surface area contributed by atoms with Crippen molar-refractivity contribution in [2.75, 3.05) is 6.54 Å². The Labute approximate surface area is 144 Å². The van der Waals surface area contributed by atoms with E-state index in [1.54, 1.807) is 12.1 Å². The Morgan fingerprint density at radius 2 is 1.71 bits per heavy atom. The first-order valence-corrected chi connectivity index (χ1v) is 8.74. The van der Waals surface area contributed by atoms with E-state index < -0.39 is 0 Å². The van der Waals surface area contributed by atoms with Gasteiger partial charge in [-0.1, -0.05) is 36.4 Å². The van der Waals surface area contributed by atoms with Crippen LogP contribution in [-0.4, -0.2) is 17.4 Å². The lowest BCUT2D eigenvalue weighted by Crippen LogP contribution is -2.35. The number of fused-ring (bicyclic) bond motifs is 1. The highest BCUT2D eigenvalue weighted by atomic mass is 32.1. The number of carbonyl (C=O) groups excluding carboxylic acids is 1. The monoisotopic (exact) mass is 337 g/mol. The van der Waals surface area contributed by atoms with Gasteiger partial charge < -0.3 is 4.90 Å². The normalized spacial score (nSPS) is 13.6. The summed E-state index contributed by atoms with van der Waals surface area (Å²) in [7, 11) is 0. The minimum Gasteiger partial charge on any atom is -0.333 e. The van der Waals surface area contributed by atoms with Gasteiger partial charge >= 0.3 is 0 Å². The molecule has 24 heavy (non-hydrogen) atoms. The second kappa shape index (κ2) is 6.21. The Hall–Kier alpha value is -2.46. The highest BCUT2D eigenvalue weighted by Gasteiger charge is 2.22. The molecule has 0 spiro atoms. The molecule has 2 nitrogen and oxygen atoms in total. The van der Waals surface area contributed by atoms with Crippen LogP contribution in [0.4, 0.5) is 4.39 Å². The number of nitrogens with zero attached hydrogens (tertiary/aromatic N) is 1. The number of carbonyl (C=O) groups is 1. The number of rotatable bonds is 2. The molecule has 1 aliphatic rings. The van der Waals surface area contributed by atoms with Crippen LogP contribution in [0.5, 0.6) is 0 Å². The van der Waals surface area contributed by atoms with Gasteiger partial charge in [-0.05, 0) is 47.4 Å². The van der Waals surface area contributed by atoms with Crippen LogP contribution in [0.3, 0.4) is 0 Å². The van der Waals surface area contributed by atoms with Crippen molar-refractivity contribution in [2.45, 2.75) is 13.0 Å². The number of halogens is 1. The Morgan fingerprint density at radius 1 is 0.958 bits per heavy atom. The third kappa shape index (κ3) is 2.85. The molecule has 0 N–H and O–H groups in total. The van der Waals surface area contributed by atoms with E-state index in [-0.39, 0.29) is 11.7 Å². The quantitative estimate of drug-likeness (QED) is 0.661. The van der Waals surface area contributed by atoms with Crippen LogP contribution < -0.4 is 0 Å². The Kier molecular flexibility index (Phi) is 3.90. The minimum atomic E-state index is -0.251. The number of benzene rings is 2. The molecule has 0 fully saturated rings. The van der Waals surface area contributed by atoms with Gasteiger partial charge in [0.1, 0.15) is 5.82 Å². The maximum atomic E-state index is 13.0. The molecule has 0 aliphatic carbocycles. The maximum absolute atomic E-state index is 13.0. The summed E-state index contributed by atoms with van der Waals surface area (Å²) < 4.78 is 13.0. The van der Waals surface area contributed by atoms with E-state index in [0.29, 0.717) is 6.54 Å². The van der Waals surface area contributed by atoms with Crippen LogP contribution in [0, 0.1) is 5.82 Å². The summed E-state index contributed by atoms with van der Waals surface area (Å²) in [6.45, 7) is 1.42. The van der Waals surface area contributed by atoms with Gasteiger partial charge in [-0.25, -0.2) is 4.39 Å². The third-order valence-electron chi connectivity index (χ3n) is 4.36. The Balaban J connectivity index is 1.55. The van der Waals surface area contributed by atoms with Crippen molar-refractivity contribution in [1.82, 2.24) is 4.90 Å². The molecule has 1 amide bonds. The summed E-state index contributed by atoms with van der Waals surface area (Å²) in [5.74, 6) is -0.179. The average Bonchev–Trinajstić information content (AvgIpc) is 3.11. The lowest BCUT2D eigenvalue weighted by atomic mass is 10.00. The molecular formula is C20H16FNOS. The molecule has 0 saturated carbocycles. The molecule has 1 aliphatic heterocycles. The van der Waals surface area contributed by atoms with Gasteiger partial charge in [0.05, 0.1) is 4.88 Å². The van der Waals surface area contributed by atoms with Crippen LogP contribution >= 0.6 is 11.3 Å². The molecule has 0 atom stereocenters. The summed E-state index contributed by atoms with van der Waals surface area (Å²) >= 11 is 1.46. The van der Waals surface area contributed by atoms with E-state index in [2.05, 4.69) is 12.1 Å². The van der Waals surface area contributed by atoms with Crippen LogP contribution in [0.25, 0.3) is 10.4 Å². The second-order valence-electron chi connectivity index (χ2n) is 5.92. The lowest BCUT2D eigenvalue weighted by molar-refractivity contribution is 0.0739. The first kappa shape index (κ1) is 15.1. The summed E-state index contributed by atoms with van der Waals surface area (Å²) in [5.41, 5.74) is 3.50. The van der Waals surface area contributed by atoms with Crippen LogP contribution in [0.1, 0.15) is 20.8 Å². The van der Waals surface area contributed by atoms with Gasteiger partial charge in [-0.2, -0.15) is 0 Å². The molecular weight excluding hydrogens is 321 g/mol. The van der Waals surface area contributed by atoms with Gasteiger partial charge in [0.2, 0.25) is 0 Å². The largest absolute Gasteiger partial charge is 0.333 e. The molecule has 0 saturated heterocycles. The standard InChI is InChI=1S/C20H16FNOS/c21-17-7-5-15(6-8-17)18-9-10-19(24-18)20(23)22-12-11-14-3-1-2-4-16(14)13-22/h1-10H,11-13H2. The summed E-state index contributed by atoms with van der Waals surface area (Å²) in [5, 5.41) is 0. The molecule has 0 radical (unpaired) electrons. The van der Waals surface area contributed by atoms with Crippen molar-refractivity contribution < 1.29 is 9.18 Å². The van der Waals surface area contributed by atoms with Crippen LogP contribution in [-0.2, 0) is 13.0 Å². The fourth-order valence-corrected chi connectivity index (χ4v) is 4.03. The highest BCUT2D eigenvalue weighted by Crippen LogP contribution is 2.30. The predicted molar refractivity (Wildman–Crippen MR) is 94.6 cm³/mol. The summed E-state index contributed by atoms with van der Waals surface area (Å²) in [6, 6.07) is 18.5. The summed E-state index contributed by atoms with van der Waals surface area (Å²) in [6.07, 6.45) is 0.901.